The quantitative estimate of drug-likeness (QED) is 0.391. The van der Waals surface area contributed by atoms with Crippen molar-refractivity contribution < 1.29 is 0 Å². The first-order valence-electron chi connectivity index (χ1n) is 8.98. The van der Waals surface area contributed by atoms with E-state index in [0.29, 0.717) is 16.5 Å². The zero-order valence-electron chi connectivity index (χ0n) is 14.9. The standard InChI is InChI=1S/C23H17ClN4/c24-19-12-13-26-23(22(19)25)27-15-6-5-7-16(14-15)28-20-10-3-1-8-17(20)18-9-2-4-11-21(18)28/h1-14H,25H2,(H,26,27). The summed E-state index contributed by atoms with van der Waals surface area (Å²) in [7, 11) is 0. The molecule has 0 saturated heterocycles. The molecule has 4 nitrogen and oxygen atoms in total. The zero-order valence-corrected chi connectivity index (χ0v) is 15.7. The Hall–Kier alpha value is -3.50. The number of hydrogen-bond acceptors (Lipinski definition) is 3. The molecular weight excluding hydrogens is 368 g/mol. The minimum absolute atomic E-state index is 0.437. The van der Waals surface area contributed by atoms with E-state index in [0.717, 1.165) is 11.4 Å². The van der Waals surface area contributed by atoms with Gasteiger partial charge in [0, 0.05) is 28.3 Å². The van der Waals surface area contributed by atoms with Gasteiger partial charge in [-0.05, 0) is 36.4 Å². The normalized spacial score (nSPS) is 11.2. The van der Waals surface area contributed by atoms with Gasteiger partial charge in [0.15, 0.2) is 5.82 Å². The van der Waals surface area contributed by atoms with Gasteiger partial charge in [-0.2, -0.15) is 0 Å². The molecule has 3 aromatic carbocycles. The molecule has 0 spiro atoms. The minimum Gasteiger partial charge on any atom is -0.395 e. The molecule has 0 aliphatic heterocycles. The summed E-state index contributed by atoms with van der Waals surface area (Å²) >= 11 is 6.11. The highest BCUT2D eigenvalue weighted by atomic mass is 35.5. The summed E-state index contributed by atoms with van der Waals surface area (Å²) in [4.78, 5) is 4.30. The summed E-state index contributed by atoms with van der Waals surface area (Å²) in [6.45, 7) is 0. The SMILES string of the molecule is Nc1c(Cl)ccnc1Nc1cccc(-n2c3ccccc3c3ccccc32)c1. The Morgan fingerprint density at radius 3 is 2.21 bits per heavy atom. The maximum absolute atomic E-state index is 6.11. The fraction of sp³-hybridized carbons (Fsp3) is 0. The summed E-state index contributed by atoms with van der Waals surface area (Å²) in [5, 5.41) is 6.23. The third-order valence-corrected chi connectivity index (χ3v) is 5.21. The first-order valence-corrected chi connectivity index (χ1v) is 9.36. The molecule has 0 unspecified atom stereocenters. The molecule has 0 aliphatic rings. The Labute approximate surface area is 167 Å². The van der Waals surface area contributed by atoms with Crippen molar-refractivity contribution in [3.05, 3.63) is 90.1 Å². The Morgan fingerprint density at radius 1 is 0.821 bits per heavy atom. The molecule has 0 atom stereocenters. The molecule has 0 amide bonds. The fourth-order valence-electron chi connectivity index (χ4n) is 3.61. The van der Waals surface area contributed by atoms with Crippen molar-refractivity contribution in [1.82, 2.24) is 9.55 Å². The predicted molar refractivity (Wildman–Crippen MR) is 118 cm³/mol. The van der Waals surface area contributed by atoms with E-state index in [2.05, 4.69) is 75.5 Å². The molecular formula is C23H17ClN4. The number of rotatable bonds is 3. The second-order valence-electron chi connectivity index (χ2n) is 6.60. The Bertz CT molecular complexity index is 1270. The molecule has 0 aliphatic carbocycles. The number of pyridine rings is 1. The molecule has 136 valence electrons. The summed E-state index contributed by atoms with van der Waals surface area (Å²) < 4.78 is 2.27. The van der Waals surface area contributed by atoms with Gasteiger partial charge in [0.05, 0.1) is 21.7 Å². The van der Waals surface area contributed by atoms with Crippen LogP contribution >= 0.6 is 11.6 Å². The topological polar surface area (TPSA) is 55.9 Å². The smallest absolute Gasteiger partial charge is 0.155 e. The van der Waals surface area contributed by atoms with E-state index in [9.17, 15) is 0 Å². The van der Waals surface area contributed by atoms with Crippen LogP contribution in [0, 0.1) is 0 Å². The van der Waals surface area contributed by atoms with E-state index in [1.807, 2.05) is 12.1 Å². The number of nitrogens with two attached hydrogens (primary N) is 1. The third kappa shape index (κ3) is 2.66. The minimum atomic E-state index is 0.437. The molecule has 5 heteroatoms. The van der Waals surface area contributed by atoms with Crippen molar-refractivity contribution in [2.24, 2.45) is 0 Å². The summed E-state index contributed by atoms with van der Waals surface area (Å²) in [6, 6.07) is 26.7. The van der Waals surface area contributed by atoms with Gasteiger partial charge in [0.25, 0.3) is 0 Å². The van der Waals surface area contributed by atoms with Crippen LogP contribution in [0.3, 0.4) is 0 Å². The summed E-state index contributed by atoms with van der Waals surface area (Å²) in [5.74, 6) is 0.548. The van der Waals surface area contributed by atoms with Crippen LogP contribution in [0.5, 0.6) is 0 Å². The van der Waals surface area contributed by atoms with Gasteiger partial charge in [0.1, 0.15) is 0 Å². The number of halogens is 1. The lowest BCUT2D eigenvalue weighted by Crippen LogP contribution is -2.00. The highest BCUT2D eigenvalue weighted by Gasteiger charge is 2.12. The first kappa shape index (κ1) is 16.7. The zero-order chi connectivity index (χ0) is 19.1. The predicted octanol–water partition coefficient (Wildman–Crippen LogP) is 6.16. The third-order valence-electron chi connectivity index (χ3n) is 4.88. The number of benzene rings is 3. The molecule has 0 bridgehead atoms. The van der Waals surface area contributed by atoms with Gasteiger partial charge in [-0.25, -0.2) is 4.98 Å². The average molecular weight is 385 g/mol. The number of anilines is 3. The molecule has 28 heavy (non-hydrogen) atoms. The molecule has 2 heterocycles. The van der Waals surface area contributed by atoms with Crippen molar-refractivity contribution in [1.29, 1.82) is 0 Å². The highest BCUT2D eigenvalue weighted by molar-refractivity contribution is 6.33. The lowest BCUT2D eigenvalue weighted by molar-refractivity contribution is 1.18. The van der Waals surface area contributed by atoms with Crippen LogP contribution in [-0.2, 0) is 0 Å². The second kappa shape index (κ2) is 6.59. The largest absolute Gasteiger partial charge is 0.395 e. The number of aromatic nitrogens is 2. The van der Waals surface area contributed by atoms with Crippen molar-refractivity contribution in [2.75, 3.05) is 11.1 Å². The van der Waals surface area contributed by atoms with Crippen molar-refractivity contribution in [3.63, 3.8) is 0 Å². The molecule has 3 N–H and O–H groups in total. The molecule has 5 aromatic rings. The Balaban J connectivity index is 1.67. The summed E-state index contributed by atoms with van der Waals surface area (Å²) in [5.41, 5.74) is 10.8. The lowest BCUT2D eigenvalue weighted by Gasteiger charge is -2.12. The van der Waals surface area contributed by atoms with Crippen LogP contribution in [-0.4, -0.2) is 9.55 Å². The molecule has 0 radical (unpaired) electrons. The molecule has 0 saturated carbocycles. The fourth-order valence-corrected chi connectivity index (χ4v) is 3.76. The van der Waals surface area contributed by atoms with Crippen LogP contribution in [0.2, 0.25) is 5.02 Å². The maximum Gasteiger partial charge on any atom is 0.155 e. The summed E-state index contributed by atoms with van der Waals surface area (Å²) in [6.07, 6.45) is 1.64. The van der Waals surface area contributed by atoms with Gasteiger partial charge in [-0.3, -0.25) is 0 Å². The van der Waals surface area contributed by atoms with Gasteiger partial charge < -0.3 is 15.6 Å². The lowest BCUT2D eigenvalue weighted by atomic mass is 10.2. The number of hydrogen-bond donors (Lipinski definition) is 2. The van der Waals surface area contributed by atoms with Gasteiger partial charge in [-0.15, -0.1) is 0 Å². The van der Waals surface area contributed by atoms with Crippen LogP contribution < -0.4 is 11.1 Å². The van der Waals surface area contributed by atoms with E-state index < -0.39 is 0 Å². The van der Waals surface area contributed by atoms with Crippen molar-refractivity contribution in [2.45, 2.75) is 0 Å². The maximum atomic E-state index is 6.11. The second-order valence-corrected chi connectivity index (χ2v) is 7.01. The molecule has 0 fully saturated rings. The van der Waals surface area contributed by atoms with Gasteiger partial charge in [0.2, 0.25) is 0 Å². The van der Waals surface area contributed by atoms with E-state index in [-0.39, 0.29) is 0 Å². The van der Waals surface area contributed by atoms with Gasteiger partial charge >= 0.3 is 0 Å². The van der Waals surface area contributed by atoms with Crippen LogP contribution in [0.25, 0.3) is 27.5 Å². The van der Waals surface area contributed by atoms with Crippen LogP contribution in [0.1, 0.15) is 0 Å². The van der Waals surface area contributed by atoms with Crippen molar-refractivity contribution in [3.8, 4) is 5.69 Å². The number of nitrogen functional groups attached to an aromatic ring is 1. The molecule has 5 rings (SSSR count). The Morgan fingerprint density at radius 2 is 1.50 bits per heavy atom. The molecule has 2 aromatic heterocycles. The van der Waals surface area contributed by atoms with Crippen LogP contribution in [0.15, 0.2) is 85.1 Å². The number of nitrogens with one attached hydrogen (secondary N) is 1. The van der Waals surface area contributed by atoms with E-state index in [4.69, 9.17) is 17.3 Å². The van der Waals surface area contributed by atoms with Crippen LogP contribution in [0.4, 0.5) is 17.2 Å². The Kier molecular flexibility index (Phi) is 3.92. The number of para-hydroxylation sites is 2. The van der Waals surface area contributed by atoms with Gasteiger partial charge in [-0.1, -0.05) is 54.1 Å². The van der Waals surface area contributed by atoms with E-state index in [1.54, 1.807) is 12.3 Å². The monoisotopic (exact) mass is 384 g/mol. The highest BCUT2D eigenvalue weighted by Crippen LogP contribution is 2.33. The number of fused-ring (bicyclic) bond motifs is 3. The average Bonchev–Trinajstić information content (AvgIpc) is 3.06. The van der Waals surface area contributed by atoms with Crippen molar-refractivity contribution >= 4 is 50.6 Å². The van der Waals surface area contributed by atoms with E-state index >= 15 is 0 Å². The van der Waals surface area contributed by atoms with E-state index in [1.165, 1.54) is 21.8 Å². The first-order chi connectivity index (χ1) is 13.7. The number of nitrogens with zero attached hydrogens (tertiary/aromatic N) is 2.